The molecule has 1 aromatic heterocycles. The molecule has 1 heterocycles. The number of hydrogen-bond donors (Lipinski definition) is 0. The molecular weight excluding hydrogens is 326 g/mol. The van der Waals surface area contributed by atoms with Gasteiger partial charge < -0.3 is 4.42 Å². The molecule has 0 bridgehead atoms. The minimum Gasteiger partial charge on any atom is -0.411 e. The molecule has 2 aromatic carbocycles. The molecule has 0 saturated heterocycles. The van der Waals surface area contributed by atoms with Gasteiger partial charge in [-0.2, -0.15) is 0 Å². The average molecular weight is 341 g/mol. The monoisotopic (exact) mass is 341 g/mol. The first-order valence-electron chi connectivity index (χ1n) is 7.31. The molecule has 0 unspecified atom stereocenters. The number of nitro groups is 1. The molecule has 24 heavy (non-hydrogen) atoms. The summed E-state index contributed by atoms with van der Waals surface area (Å²) in [6, 6.07) is 12.6. The molecule has 6 nitrogen and oxygen atoms in total. The van der Waals surface area contributed by atoms with Gasteiger partial charge in [0.1, 0.15) is 0 Å². The number of rotatable bonds is 5. The van der Waals surface area contributed by atoms with Crippen LogP contribution in [0.2, 0.25) is 0 Å². The van der Waals surface area contributed by atoms with Crippen LogP contribution in [0.5, 0.6) is 0 Å². The maximum absolute atomic E-state index is 11.0. The Hall–Kier alpha value is -2.67. The normalized spacial score (nSPS) is 10.8. The lowest BCUT2D eigenvalue weighted by molar-refractivity contribution is -0.385. The summed E-state index contributed by atoms with van der Waals surface area (Å²) in [7, 11) is 0. The lowest BCUT2D eigenvalue weighted by Gasteiger charge is -2.01. The van der Waals surface area contributed by atoms with Crippen LogP contribution in [0, 0.1) is 24.0 Å². The SMILES string of the molecule is Cc1ccc(-c2nnc(SCc3ccccc3[N+](=O)[O-])o2)cc1C. The molecule has 0 saturated carbocycles. The second kappa shape index (κ2) is 6.84. The van der Waals surface area contributed by atoms with Gasteiger partial charge in [-0.05, 0) is 37.1 Å². The van der Waals surface area contributed by atoms with Gasteiger partial charge in [-0.25, -0.2) is 0 Å². The Kier molecular flexibility index (Phi) is 4.61. The first-order chi connectivity index (χ1) is 11.5. The largest absolute Gasteiger partial charge is 0.411 e. The van der Waals surface area contributed by atoms with Crippen molar-refractivity contribution in [3.63, 3.8) is 0 Å². The van der Waals surface area contributed by atoms with Gasteiger partial charge in [-0.3, -0.25) is 10.1 Å². The highest BCUT2D eigenvalue weighted by molar-refractivity contribution is 7.98. The predicted octanol–water partition coefficient (Wildman–Crippen LogP) is 4.55. The molecular formula is C17H15N3O3S. The van der Waals surface area contributed by atoms with Crippen molar-refractivity contribution in [3.8, 4) is 11.5 Å². The average Bonchev–Trinajstić information content (AvgIpc) is 3.04. The number of benzene rings is 2. The molecule has 0 N–H and O–H groups in total. The fourth-order valence-corrected chi connectivity index (χ4v) is 2.97. The van der Waals surface area contributed by atoms with Gasteiger partial charge in [-0.1, -0.05) is 36.0 Å². The van der Waals surface area contributed by atoms with E-state index in [9.17, 15) is 10.1 Å². The van der Waals surface area contributed by atoms with E-state index in [0.29, 0.717) is 22.4 Å². The molecule has 0 aliphatic heterocycles. The van der Waals surface area contributed by atoms with Gasteiger partial charge in [-0.15, -0.1) is 10.2 Å². The van der Waals surface area contributed by atoms with E-state index in [2.05, 4.69) is 10.2 Å². The van der Waals surface area contributed by atoms with Crippen LogP contribution in [0.1, 0.15) is 16.7 Å². The molecule has 0 aliphatic carbocycles. The number of para-hydroxylation sites is 1. The van der Waals surface area contributed by atoms with E-state index in [1.807, 2.05) is 32.0 Å². The fraction of sp³-hybridized carbons (Fsp3) is 0.176. The van der Waals surface area contributed by atoms with Crippen LogP contribution >= 0.6 is 11.8 Å². The highest BCUT2D eigenvalue weighted by atomic mass is 32.2. The van der Waals surface area contributed by atoms with Crippen molar-refractivity contribution in [2.24, 2.45) is 0 Å². The minimum atomic E-state index is -0.385. The zero-order valence-electron chi connectivity index (χ0n) is 13.2. The molecule has 0 amide bonds. The highest BCUT2D eigenvalue weighted by Crippen LogP contribution is 2.29. The number of hydrogen-bond acceptors (Lipinski definition) is 6. The lowest BCUT2D eigenvalue weighted by Crippen LogP contribution is -1.93. The zero-order chi connectivity index (χ0) is 17.1. The van der Waals surface area contributed by atoms with Crippen LogP contribution in [0.3, 0.4) is 0 Å². The van der Waals surface area contributed by atoms with Crippen LogP contribution in [0.25, 0.3) is 11.5 Å². The molecule has 0 radical (unpaired) electrons. The molecule has 0 fully saturated rings. The summed E-state index contributed by atoms with van der Waals surface area (Å²) in [4.78, 5) is 10.6. The summed E-state index contributed by atoms with van der Waals surface area (Å²) in [5.74, 6) is 0.842. The highest BCUT2D eigenvalue weighted by Gasteiger charge is 2.15. The van der Waals surface area contributed by atoms with Gasteiger partial charge in [0.2, 0.25) is 5.89 Å². The third-order valence-electron chi connectivity index (χ3n) is 3.70. The summed E-state index contributed by atoms with van der Waals surface area (Å²) in [6.45, 7) is 4.07. The van der Waals surface area contributed by atoms with Crippen molar-refractivity contribution >= 4 is 17.4 Å². The fourth-order valence-electron chi connectivity index (χ4n) is 2.21. The number of nitro benzene ring substituents is 1. The van der Waals surface area contributed by atoms with Crippen molar-refractivity contribution in [3.05, 3.63) is 69.3 Å². The van der Waals surface area contributed by atoms with Crippen molar-refractivity contribution in [2.45, 2.75) is 24.8 Å². The summed E-state index contributed by atoms with van der Waals surface area (Å²) in [5.41, 5.74) is 3.93. The van der Waals surface area contributed by atoms with E-state index in [1.54, 1.807) is 18.2 Å². The quantitative estimate of drug-likeness (QED) is 0.384. The number of nitrogens with zero attached hydrogens (tertiary/aromatic N) is 3. The Labute approximate surface area is 143 Å². The van der Waals surface area contributed by atoms with E-state index in [-0.39, 0.29) is 10.6 Å². The minimum absolute atomic E-state index is 0.0962. The summed E-state index contributed by atoms with van der Waals surface area (Å²) < 4.78 is 5.66. The molecule has 3 aromatic rings. The van der Waals surface area contributed by atoms with Crippen molar-refractivity contribution in [1.29, 1.82) is 0 Å². The Balaban J connectivity index is 1.75. The van der Waals surface area contributed by atoms with Crippen LogP contribution in [0.15, 0.2) is 52.1 Å². The first kappa shape index (κ1) is 16.2. The Morgan fingerprint density at radius 3 is 2.67 bits per heavy atom. The lowest BCUT2D eigenvalue weighted by atomic mass is 10.1. The second-order valence-electron chi connectivity index (χ2n) is 5.35. The van der Waals surface area contributed by atoms with Crippen LogP contribution in [-0.4, -0.2) is 15.1 Å². The standard InChI is InChI=1S/C17H15N3O3S/c1-11-7-8-13(9-12(11)2)16-18-19-17(23-16)24-10-14-5-3-4-6-15(14)20(21)22/h3-9H,10H2,1-2H3. The van der Waals surface area contributed by atoms with Gasteiger partial charge in [0.15, 0.2) is 0 Å². The first-order valence-corrected chi connectivity index (χ1v) is 8.29. The van der Waals surface area contributed by atoms with E-state index >= 15 is 0 Å². The molecule has 7 heteroatoms. The van der Waals surface area contributed by atoms with Gasteiger partial charge >= 0.3 is 0 Å². The van der Waals surface area contributed by atoms with E-state index in [4.69, 9.17) is 4.42 Å². The van der Waals surface area contributed by atoms with Crippen LogP contribution < -0.4 is 0 Å². The number of thioether (sulfide) groups is 1. The van der Waals surface area contributed by atoms with Gasteiger partial charge in [0.05, 0.1) is 4.92 Å². The van der Waals surface area contributed by atoms with Gasteiger partial charge in [0.25, 0.3) is 10.9 Å². The second-order valence-corrected chi connectivity index (χ2v) is 6.27. The van der Waals surface area contributed by atoms with Crippen molar-refractivity contribution < 1.29 is 9.34 Å². The molecule has 0 spiro atoms. The maximum atomic E-state index is 11.0. The Bertz CT molecular complexity index is 892. The maximum Gasteiger partial charge on any atom is 0.277 e. The van der Waals surface area contributed by atoms with Gasteiger partial charge in [0, 0.05) is 22.9 Å². The Morgan fingerprint density at radius 2 is 1.92 bits per heavy atom. The number of aryl methyl sites for hydroxylation is 2. The van der Waals surface area contributed by atoms with Crippen LogP contribution in [0.4, 0.5) is 5.69 Å². The zero-order valence-corrected chi connectivity index (χ0v) is 14.0. The molecule has 0 atom stereocenters. The summed E-state index contributed by atoms with van der Waals surface area (Å²) >= 11 is 1.28. The molecule has 0 aliphatic rings. The smallest absolute Gasteiger partial charge is 0.277 e. The third kappa shape index (κ3) is 3.46. The topological polar surface area (TPSA) is 82.1 Å². The van der Waals surface area contributed by atoms with Crippen molar-refractivity contribution in [1.82, 2.24) is 10.2 Å². The molecule has 3 rings (SSSR count). The van der Waals surface area contributed by atoms with E-state index in [1.165, 1.54) is 23.4 Å². The van der Waals surface area contributed by atoms with E-state index < -0.39 is 0 Å². The Morgan fingerprint density at radius 1 is 1.12 bits per heavy atom. The summed E-state index contributed by atoms with van der Waals surface area (Å²) in [5, 5.41) is 19.5. The molecule has 122 valence electrons. The third-order valence-corrected chi connectivity index (χ3v) is 4.57. The summed E-state index contributed by atoms with van der Waals surface area (Å²) in [6.07, 6.45) is 0. The number of aromatic nitrogens is 2. The predicted molar refractivity (Wildman–Crippen MR) is 91.9 cm³/mol. The van der Waals surface area contributed by atoms with E-state index in [0.717, 1.165) is 11.1 Å². The van der Waals surface area contributed by atoms with Crippen molar-refractivity contribution in [2.75, 3.05) is 0 Å². The van der Waals surface area contributed by atoms with Crippen LogP contribution in [-0.2, 0) is 5.75 Å².